The van der Waals surface area contributed by atoms with Crippen LogP contribution in [-0.4, -0.2) is 26.1 Å². The van der Waals surface area contributed by atoms with Gasteiger partial charge in [-0.2, -0.15) is 0 Å². The molecule has 0 radical (unpaired) electrons. The quantitative estimate of drug-likeness (QED) is 0.809. The predicted octanol–water partition coefficient (Wildman–Crippen LogP) is 2.25. The van der Waals surface area contributed by atoms with Crippen molar-refractivity contribution in [2.45, 2.75) is 25.8 Å². The first-order chi connectivity index (χ1) is 13.0. The maximum absolute atomic E-state index is 12.8. The van der Waals surface area contributed by atoms with Crippen molar-refractivity contribution in [2.24, 2.45) is 5.92 Å². The van der Waals surface area contributed by atoms with Crippen molar-refractivity contribution >= 4 is 17.6 Å². The molecule has 0 aliphatic carbocycles. The van der Waals surface area contributed by atoms with Crippen molar-refractivity contribution in [2.75, 3.05) is 19.1 Å². The third kappa shape index (κ3) is 3.60. The van der Waals surface area contributed by atoms with E-state index >= 15 is 0 Å². The van der Waals surface area contributed by atoms with Gasteiger partial charge in [0.1, 0.15) is 0 Å². The average molecular weight is 368 g/mol. The third-order valence-corrected chi connectivity index (χ3v) is 4.96. The summed E-state index contributed by atoms with van der Waals surface area (Å²) in [6.07, 6.45) is 0.402. The maximum Gasteiger partial charge on any atom is 0.227 e. The predicted molar refractivity (Wildman–Crippen MR) is 98.7 cm³/mol. The molecule has 2 aromatic rings. The number of carboxylic acids is 1. The molecule has 1 heterocycles. The molecule has 1 aliphatic heterocycles. The highest BCUT2D eigenvalue weighted by Gasteiger charge is 2.38. The SMILES string of the molecule is COc1ccc([C@@H]2[C@H](C(=O)[O-])CCC(=O)N2c2ccc(C)cc2)cc1OC. The fraction of sp³-hybridized carbons (Fsp3) is 0.333. The van der Waals surface area contributed by atoms with Crippen molar-refractivity contribution in [1.29, 1.82) is 0 Å². The molecular formula is C21H22NO5-. The summed E-state index contributed by atoms with van der Waals surface area (Å²) in [4.78, 5) is 26.2. The molecule has 0 bridgehead atoms. The van der Waals surface area contributed by atoms with E-state index in [0.717, 1.165) is 5.56 Å². The van der Waals surface area contributed by atoms with E-state index in [1.807, 2.05) is 31.2 Å². The van der Waals surface area contributed by atoms with E-state index in [1.165, 1.54) is 14.2 Å². The van der Waals surface area contributed by atoms with Gasteiger partial charge in [-0.3, -0.25) is 4.79 Å². The number of methoxy groups -OCH3 is 2. The standard InChI is InChI=1S/C21H23NO5/c1-13-4-7-15(8-5-13)22-19(23)11-9-16(21(24)25)20(22)14-6-10-17(26-2)18(12-14)27-3/h4-8,10,12,16,20H,9,11H2,1-3H3,(H,24,25)/p-1/t16-,20-/m1/s1. The lowest BCUT2D eigenvalue weighted by Gasteiger charge is -2.42. The molecule has 0 spiro atoms. The zero-order chi connectivity index (χ0) is 19.6. The van der Waals surface area contributed by atoms with Crippen molar-refractivity contribution in [3.63, 3.8) is 0 Å². The van der Waals surface area contributed by atoms with Gasteiger partial charge in [-0.05, 0) is 43.2 Å². The van der Waals surface area contributed by atoms with Crippen LogP contribution in [0.25, 0.3) is 0 Å². The van der Waals surface area contributed by atoms with E-state index in [0.29, 0.717) is 22.7 Å². The highest BCUT2D eigenvalue weighted by Crippen LogP contribution is 2.42. The summed E-state index contributed by atoms with van der Waals surface area (Å²) in [5.74, 6) is -1.08. The van der Waals surface area contributed by atoms with Crippen LogP contribution in [0.15, 0.2) is 42.5 Å². The number of benzene rings is 2. The molecule has 27 heavy (non-hydrogen) atoms. The topological polar surface area (TPSA) is 78.9 Å². The number of nitrogens with zero attached hydrogens (tertiary/aromatic N) is 1. The van der Waals surface area contributed by atoms with Gasteiger partial charge >= 0.3 is 0 Å². The number of carboxylic acid groups (broad SMARTS) is 1. The van der Waals surface area contributed by atoms with Crippen molar-refractivity contribution in [3.05, 3.63) is 53.6 Å². The van der Waals surface area contributed by atoms with Crippen molar-refractivity contribution < 1.29 is 24.2 Å². The zero-order valence-electron chi connectivity index (χ0n) is 15.6. The Balaban J connectivity index is 2.13. The second-order valence-corrected chi connectivity index (χ2v) is 6.62. The summed E-state index contributed by atoms with van der Waals surface area (Å²) in [7, 11) is 3.05. The molecule has 0 unspecified atom stereocenters. The largest absolute Gasteiger partial charge is 0.550 e. The van der Waals surface area contributed by atoms with Gasteiger partial charge in [-0.15, -0.1) is 0 Å². The molecule has 1 aliphatic rings. The Bertz CT molecular complexity index is 846. The van der Waals surface area contributed by atoms with Crippen LogP contribution >= 0.6 is 0 Å². The molecule has 2 aromatic carbocycles. The van der Waals surface area contributed by atoms with E-state index in [4.69, 9.17) is 9.47 Å². The van der Waals surface area contributed by atoms with Gasteiger partial charge in [0.15, 0.2) is 11.5 Å². The van der Waals surface area contributed by atoms with E-state index in [1.54, 1.807) is 23.1 Å². The number of carbonyl (C=O) groups excluding carboxylic acids is 2. The smallest absolute Gasteiger partial charge is 0.227 e. The summed E-state index contributed by atoms with van der Waals surface area (Å²) in [6.45, 7) is 1.96. The highest BCUT2D eigenvalue weighted by atomic mass is 16.5. The van der Waals surface area contributed by atoms with Gasteiger partial charge in [-0.1, -0.05) is 23.8 Å². The van der Waals surface area contributed by atoms with Crippen LogP contribution in [0.4, 0.5) is 5.69 Å². The van der Waals surface area contributed by atoms with E-state index in [2.05, 4.69) is 0 Å². The molecule has 0 N–H and O–H groups in total. The minimum Gasteiger partial charge on any atom is -0.550 e. The van der Waals surface area contributed by atoms with Crippen LogP contribution in [0.2, 0.25) is 0 Å². The first-order valence-electron chi connectivity index (χ1n) is 8.77. The molecule has 3 rings (SSSR count). The van der Waals surface area contributed by atoms with Gasteiger partial charge in [-0.25, -0.2) is 0 Å². The van der Waals surface area contributed by atoms with Gasteiger partial charge < -0.3 is 24.3 Å². The number of hydrogen-bond donors (Lipinski definition) is 0. The number of rotatable bonds is 5. The minimum absolute atomic E-state index is 0.115. The van der Waals surface area contributed by atoms with Crippen LogP contribution in [0.3, 0.4) is 0 Å². The number of anilines is 1. The molecule has 1 amide bonds. The fourth-order valence-electron chi connectivity index (χ4n) is 3.57. The molecule has 142 valence electrons. The number of aliphatic carboxylic acids is 1. The summed E-state index contributed by atoms with van der Waals surface area (Å²) < 4.78 is 10.6. The Morgan fingerprint density at radius 2 is 1.74 bits per heavy atom. The molecule has 6 nitrogen and oxygen atoms in total. The maximum atomic E-state index is 12.8. The lowest BCUT2D eigenvalue weighted by Crippen LogP contribution is -2.49. The van der Waals surface area contributed by atoms with E-state index < -0.39 is 17.9 Å². The van der Waals surface area contributed by atoms with E-state index in [-0.39, 0.29) is 18.7 Å². The van der Waals surface area contributed by atoms with Crippen LogP contribution < -0.4 is 19.5 Å². The minimum atomic E-state index is -1.17. The lowest BCUT2D eigenvalue weighted by atomic mass is 9.83. The number of ether oxygens (including phenoxy) is 2. The van der Waals surface area contributed by atoms with Crippen molar-refractivity contribution in [3.8, 4) is 11.5 Å². The molecule has 1 saturated heterocycles. The number of aryl methyl sites for hydroxylation is 1. The Labute approximate surface area is 158 Å². The second kappa shape index (κ2) is 7.70. The van der Waals surface area contributed by atoms with Gasteiger partial charge in [0.25, 0.3) is 0 Å². The zero-order valence-corrected chi connectivity index (χ0v) is 15.6. The Morgan fingerprint density at radius 1 is 1.07 bits per heavy atom. The van der Waals surface area contributed by atoms with Crippen LogP contribution in [0.1, 0.15) is 30.0 Å². The van der Waals surface area contributed by atoms with Gasteiger partial charge in [0, 0.05) is 24.0 Å². The Kier molecular flexibility index (Phi) is 5.35. The van der Waals surface area contributed by atoms with Crippen LogP contribution in [-0.2, 0) is 9.59 Å². The molecule has 2 atom stereocenters. The first kappa shape index (κ1) is 18.8. The number of piperidine rings is 1. The Morgan fingerprint density at radius 3 is 2.33 bits per heavy atom. The summed E-state index contributed by atoms with van der Waals surface area (Å²) in [5.41, 5.74) is 2.38. The average Bonchev–Trinajstić information content (AvgIpc) is 2.67. The van der Waals surface area contributed by atoms with Crippen molar-refractivity contribution in [1.82, 2.24) is 0 Å². The summed E-state index contributed by atoms with van der Waals surface area (Å²) >= 11 is 0. The molecular weight excluding hydrogens is 346 g/mol. The number of carbonyl (C=O) groups is 2. The molecule has 1 fully saturated rings. The monoisotopic (exact) mass is 368 g/mol. The van der Waals surface area contributed by atoms with Gasteiger partial charge in [0.05, 0.1) is 20.3 Å². The van der Waals surface area contributed by atoms with E-state index in [9.17, 15) is 14.7 Å². The normalized spacial score (nSPS) is 19.7. The summed E-state index contributed by atoms with van der Waals surface area (Å²) in [6, 6.07) is 12.0. The van der Waals surface area contributed by atoms with Crippen LogP contribution in [0, 0.1) is 12.8 Å². The lowest BCUT2D eigenvalue weighted by molar-refractivity contribution is -0.312. The first-order valence-corrected chi connectivity index (χ1v) is 8.77. The van der Waals surface area contributed by atoms with Crippen LogP contribution in [0.5, 0.6) is 11.5 Å². The summed E-state index contributed by atoms with van der Waals surface area (Å²) in [5, 5.41) is 11.8. The molecule has 0 saturated carbocycles. The highest BCUT2D eigenvalue weighted by molar-refractivity contribution is 5.96. The molecule has 0 aromatic heterocycles. The number of hydrogen-bond acceptors (Lipinski definition) is 5. The third-order valence-electron chi connectivity index (χ3n) is 4.96. The number of amides is 1. The Hall–Kier alpha value is -3.02. The van der Waals surface area contributed by atoms with Gasteiger partial charge in [0.2, 0.25) is 5.91 Å². The fourth-order valence-corrected chi connectivity index (χ4v) is 3.57. The molecule has 6 heteroatoms. The second-order valence-electron chi connectivity index (χ2n) is 6.62.